The molecule has 2 nitrogen and oxygen atoms in total. The Kier molecular flexibility index (Phi) is 7.98. The third kappa shape index (κ3) is 8.95. The van der Waals surface area contributed by atoms with E-state index in [1.165, 1.54) is 6.92 Å². The van der Waals surface area contributed by atoms with Crippen LogP contribution in [0.3, 0.4) is 0 Å². The van der Waals surface area contributed by atoms with E-state index in [1.807, 2.05) is 0 Å². The zero-order chi connectivity index (χ0) is 4.28. The van der Waals surface area contributed by atoms with Gasteiger partial charge >= 0.3 is 22.4 Å². The van der Waals surface area contributed by atoms with Crippen molar-refractivity contribution in [2.45, 2.75) is 6.92 Å². The molecule has 0 bridgehead atoms. The summed E-state index contributed by atoms with van der Waals surface area (Å²) in [6.07, 6.45) is 1.08. The summed E-state index contributed by atoms with van der Waals surface area (Å²) in [4.78, 5) is 9.31. The summed E-state index contributed by atoms with van der Waals surface area (Å²) in [5.74, 6) is -0.870. The van der Waals surface area contributed by atoms with E-state index in [2.05, 4.69) is 0 Å². The molecule has 0 radical (unpaired) electrons. The van der Waals surface area contributed by atoms with Crippen LogP contribution in [0.5, 0.6) is 0 Å². The molecule has 6 heavy (non-hydrogen) atoms. The molecule has 0 aliphatic heterocycles. The fourth-order valence-electron chi connectivity index (χ4n) is 0. The minimum Gasteiger partial charge on any atom is -0.503 e. The van der Waals surface area contributed by atoms with Crippen LogP contribution in [0.2, 0.25) is 0 Å². The van der Waals surface area contributed by atoms with Crippen LogP contribution in [0.25, 0.3) is 0 Å². The fraction of sp³-hybridized carbons (Fsp3) is 0.333. The molecule has 0 aromatic heterocycles. The van der Waals surface area contributed by atoms with Gasteiger partial charge in [0.25, 0.3) is 0 Å². The van der Waals surface area contributed by atoms with Crippen molar-refractivity contribution in [2.75, 3.05) is 0 Å². The largest absolute Gasteiger partial charge is 1.00 e. The van der Waals surface area contributed by atoms with Gasteiger partial charge in [-0.05, 0) is 0 Å². The Bertz CT molecular complexity index is 44.1. The van der Waals surface area contributed by atoms with E-state index in [0.717, 1.165) is 6.42 Å². The summed E-state index contributed by atoms with van der Waals surface area (Å²) in [5.41, 5.74) is 0. The van der Waals surface area contributed by atoms with Gasteiger partial charge in [-0.2, -0.15) is 6.92 Å². The van der Waals surface area contributed by atoms with Gasteiger partial charge in [-0.3, -0.25) is 11.2 Å². The van der Waals surface area contributed by atoms with E-state index in [4.69, 9.17) is 5.11 Å². The number of rotatable bonds is 1. The molecule has 0 aromatic carbocycles. The molecule has 0 atom stereocenters. The molecule has 0 saturated heterocycles. The van der Waals surface area contributed by atoms with E-state index in [0.29, 0.717) is 0 Å². The van der Waals surface area contributed by atoms with Gasteiger partial charge in [0.15, 0.2) is 5.97 Å². The van der Waals surface area contributed by atoms with E-state index >= 15 is 0 Å². The van der Waals surface area contributed by atoms with Crippen LogP contribution >= 0.6 is 0 Å². The predicted molar refractivity (Wildman–Crippen MR) is 17.6 cm³/mol. The van der Waals surface area contributed by atoms with E-state index in [-0.39, 0.29) is 22.4 Å². The van der Waals surface area contributed by atoms with Gasteiger partial charge in [0.2, 0.25) is 0 Å². The second kappa shape index (κ2) is 5.08. The maximum Gasteiger partial charge on any atom is 1.00 e. The Hall–Kier alpha value is 0.0803. The van der Waals surface area contributed by atoms with Gasteiger partial charge in [-0.1, -0.05) is 0 Å². The van der Waals surface area contributed by atoms with Gasteiger partial charge in [-0.15, -0.1) is 0 Å². The maximum absolute atomic E-state index is 9.31. The number of hydrogen-bond acceptors (Lipinski definition) is 1. The summed E-state index contributed by atoms with van der Waals surface area (Å²) in [5, 5.41) is 7.67. The molecule has 0 spiro atoms. The summed E-state index contributed by atoms with van der Waals surface area (Å²) in [6.45, 7) is 1.47. The second-order valence-corrected chi connectivity index (χ2v) is 0.627. The molecular formula is C3H5AuO2. The van der Waals surface area contributed by atoms with Crippen LogP contribution in [-0.2, 0) is 27.2 Å². The maximum atomic E-state index is 9.31. The van der Waals surface area contributed by atoms with Crippen molar-refractivity contribution < 1.29 is 32.3 Å². The standard InChI is InChI=1S/C3H5O2.Au/c1-2-3(4)5;/h2H,1H3,(H,4,5);/q-1;+1. The minimum atomic E-state index is -0.870. The first-order valence-electron chi connectivity index (χ1n) is 1.29. The molecular weight excluding hydrogens is 265 g/mol. The number of carboxylic acids is 1. The van der Waals surface area contributed by atoms with E-state index in [1.54, 1.807) is 0 Å². The van der Waals surface area contributed by atoms with Crippen molar-refractivity contribution in [3.63, 3.8) is 0 Å². The van der Waals surface area contributed by atoms with Gasteiger partial charge in [0.1, 0.15) is 0 Å². The van der Waals surface area contributed by atoms with Crippen LogP contribution in [0.15, 0.2) is 0 Å². The van der Waals surface area contributed by atoms with Crippen molar-refractivity contribution in [1.29, 1.82) is 0 Å². The first kappa shape index (κ1) is 9.43. The summed E-state index contributed by atoms with van der Waals surface area (Å²) < 4.78 is 0. The van der Waals surface area contributed by atoms with Crippen LogP contribution < -0.4 is 0 Å². The molecule has 40 valence electrons. The van der Waals surface area contributed by atoms with Gasteiger partial charge < -0.3 is 5.11 Å². The molecule has 1 N–H and O–H groups in total. The molecule has 3 heteroatoms. The average Bonchev–Trinajstić information content (AvgIpc) is 1.38. The minimum absolute atomic E-state index is 0. The fourth-order valence-corrected chi connectivity index (χ4v) is 0. The first-order chi connectivity index (χ1) is 2.27. The Balaban J connectivity index is 0. The van der Waals surface area contributed by atoms with Crippen molar-refractivity contribution in [2.24, 2.45) is 0 Å². The zero-order valence-electron chi connectivity index (χ0n) is 3.23. The topological polar surface area (TPSA) is 37.3 Å². The average molecular weight is 270 g/mol. The van der Waals surface area contributed by atoms with Crippen LogP contribution in [0, 0.1) is 6.42 Å². The van der Waals surface area contributed by atoms with Gasteiger partial charge in [0, 0.05) is 0 Å². The van der Waals surface area contributed by atoms with Crippen molar-refractivity contribution in [1.82, 2.24) is 0 Å². The molecule has 0 aliphatic carbocycles. The Morgan fingerprint density at radius 1 is 1.83 bits per heavy atom. The summed E-state index contributed by atoms with van der Waals surface area (Å²) in [7, 11) is 0. The summed E-state index contributed by atoms with van der Waals surface area (Å²) in [6, 6.07) is 0. The first-order valence-corrected chi connectivity index (χ1v) is 1.29. The smallest absolute Gasteiger partial charge is 0.503 e. The molecule has 0 unspecified atom stereocenters. The second-order valence-electron chi connectivity index (χ2n) is 0.627. The normalized spacial score (nSPS) is 5.50. The SMILES string of the molecule is C[CH-]C(=O)O.[Au+]. The van der Waals surface area contributed by atoms with E-state index in [9.17, 15) is 4.79 Å². The number of carbonyl (C=O) groups is 1. The molecule has 0 rings (SSSR count). The molecule has 0 heterocycles. The number of hydrogen-bond donors (Lipinski definition) is 1. The monoisotopic (exact) mass is 270 g/mol. The zero-order valence-corrected chi connectivity index (χ0v) is 5.40. The number of carboxylic acid groups (broad SMARTS) is 1. The molecule has 0 saturated carbocycles. The third-order valence-corrected chi connectivity index (χ3v) is 0.247. The van der Waals surface area contributed by atoms with E-state index < -0.39 is 5.97 Å². The van der Waals surface area contributed by atoms with Crippen molar-refractivity contribution >= 4 is 5.97 Å². The Morgan fingerprint density at radius 2 is 2.00 bits per heavy atom. The molecule has 0 aromatic rings. The van der Waals surface area contributed by atoms with Crippen LogP contribution in [0.4, 0.5) is 0 Å². The van der Waals surface area contributed by atoms with Crippen molar-refractivity contribution in [3.8, 4) is 0 Å². The van der Waals surface area contributed by atoms with Gasteiger partial charge in [0.05, 0.1) is 0 Å². The Morgan fingerprint density at radius 3 is 2.00 bits per heavy atom. The molecule has 0 fully saturated rings. The molecule has 0 amide bonds. The number of aliphatic carboxylic acids is 1. The van der Waals surface area contributed by atoms with Crippen LogP contribution in [0.1, 0.15) is 6.92 Å². The van der Waals surface area contributed by atoms with Crippen molar-refractivity contribution in [3.05, 3.63) is 6.42 Å². The summed E-state index contributed by atoms with van der Waals surface area (Å²) >= 11 is 0. The third-order valence-electron chi connectivity index (χ3n) is 0.247. The Labute approximate surface area is 52.1 Å². The predicted octanol–water partition coefficient (Wildman–Crippen LogP) is 0.293. The quantitative estimate of drug-likeness (QED) is 0.549. The molecule has 0 aliphatic rings. The van der Waals surface area contributed by atoms with Crippen LogP contribution in [-0.4, -0.2) is 11.1 Å². The van der Waals surface area contributed by atoms with Gasteiger partial charge in [-0.25, -0.2) is 0 Å².